The lowest BCUT2D eigenvalue weighted by Crippen LogP contribution is -2.33. The number of rotatable bonds is 4. The summed E-state index contributed by atoms with van der Waals surface area (Å²) in [4.78, 5) is 4.24. The van der Waals surface area contributed by atoms with E-state index in [1.807, 2.05) is 11.6 Å². The summed E-state index contributed by atoms with van der Waals surface area (Å²) in [5.74, 6) is 0. The molecule has 2 nitrogen and oxygen atoms in total. The van der Waals surface area contributed by atoms with Gasteiger partial charge in [0.2, 0.25) is 0 Å². The molecule has 0 amide bonds. The lowest BCUT2D eigenvalue weighted by Gasteiger charge is -2.20. The highest BCUT2D eigenvalue weighted by atomic mass is 32.1. The Balaban J connectivity index is 2.38. The van der Waals surface area contributed by atoms with E-state index >= 15 is 0 Å². The van der Waals surface area contributed by atoms with Crippen molar-refractivity contribution in [2.24, 2.45) is 5.73 Å². The maximum atomic E-state index is 6.05. The number of hydrogen-bond donors (Lipinski definition) is 1. The Morgan fingerprint density at radius 3 is 2.69 bits per heavy atom. The van der Waals surface area contributed by atoms with Crippen molar-refractivity contribution in [1.29, 1.82) is 0 Å². The molecule has 13 heavy (non-hydrogen) atoms. The van der Waals surface area contributed by atoms with Crippen LogP contribution in [0.3, 0.4) is 0 Å². The van der Waals surface area contributed by atoms with Gasteiger partial charge in [0.15, 0.2) is 0 Å². The molecule has 1 unspecified atom stereocenters. The second-order valence-electron chi connectivity index (χ2n) is 4.65. The third-order valence-corrected chi connectivity index (χ3v) is 4.35. The first-order chi connectivity index (χ1) is 5.97. The molecule has 1 aromatic heterocycles. The van der Waals surface area contributed by atoms with Crippen molar-refractivity contribution in [3.05, 3.63) is 16.6 Å². The molecule has 0 aliphatic heterocycles. The van der Waals surface area contributed by atoms with Crippen LogP contribution in [-0.2, 0) is 6.42 Å². The van der Waals surface area contributed by atoms with E-state index in [0.717, 1.165) is 6.42 Å². The predicted octanol–water partition coefficient (Wildman–Crippen LogP) is 2.35. The molecule has 74 valence electrons. The molecule has 1 heterocycles. The van der Waals surface area contributed by atoms with Gasteiger partial charge >= 0.3 is 0 Å². The van der Waals surface area contributed by atoms with Crippen LogP contribution in [0.4, 0.5) is 0 Å². The van der Waals surface area contributed by atoms with Crippen LogP contribution < -0.4 is 5.73 Å². The maximum Gasteiger partial charge on any atom is 0.0940 e. The zero-order valence-electron chi connectivity index (χ0n) is 8.58. The SMILES string of the molecule is C[Si](C)(C)CC(N)Cc1nccs1. The van der Waals surface area contributed by atoms with E-state index in [0.29, 0.717) is 6.04 Å². The lowest BCUT2D eigenvalue weighted by atomic mass is 10.3. The van der Waals surface area contributed by atoms with E-state index in [-0.39, 0.29) is 0 Å². The van der Waals surface area contributed by atoms with E-state index in [9.17, 15) is 0 Å². The topological polar surface area (TPSA) is 38.9 Å². The van der Waals surface area contributed by atoms with Crippen molar-refractivity contribution < 1.29 is 0 Å². The van der Waals surface area contributed by atoms with Gasteiger partial charge in [-0.05, 0) is 6.04 Å². The van der Waals surface area contributed by atoms with Gasteiger partial charge in [-0.3, -0.25) is 0 Å². The largest absolute Gasteiger partial charge is 0.328 e. The van der Waals surface area contributed by atoms with Crippen LogP contribution in [0.5, 0.6) is 0 Å². The predicted molar refractivity (Wildman–Crippen MR) is 61.9 cm³/mol. The van der Waals surface area contributed by atoms with Crippen molar-refractivity contribution >= 4 is 19.4 Å². The molecule has 0 aliphatic carbocycles. The Morgan fingerprint density at radius 2 is 2.23 bits per heavy atom. The van der Waals surface area contributed by atoms with E-state index < -0.39 is 8.07 Å². The van der Waals surface area contributed by atoms with E-state index in [4.69, 9.17) is 5.73 Å². The highest BCUT2D eigenvalue weighted by molar-refractivity contribution is 7.09. The van der Waals surface area contributed by atoms with Crippen molar-refractivity contribution in [2.45, 2.75) is 38.1 Å². The summed E-state index contributed by atoms with van der Waals surface area (Å²) in [5.41, 5.74) is 6.05. The molecule has 1 aromatic rings. The average Bonchev–Trinajstić information content (AvgIpc) is 2.34. The van der Waals surface area contributed by atoms with Gasteiger partial charge in [0, 0.05) is 32.1 Å². The van der Waals surface area contributed by atoms with Crippen LogP contribution in [0.2, 0.25) is 25.7 Å². The van der Waals surface area contributed by atoms with Crippen LogP contribution >= 0.6 is 11.3 Å². The van der Waals surface area contributed by atoms with Gasteiger partial charge in [-0.15, -0.1) is 11.3 Å². The second-order valence-corrected chi connectivity index (χ2v) is 11.2. The monoisotopic (exact) mass is 214 g/mol. The van der Waals surface area contributed by atoms with Crippen LogP contribution in [-0.4, -0.2) is 19.1 Å². The van der Waals surface area contributed by atoms with E-state index in [1.165, 1.54) is 11.1 Å². The van der Waals surface area contributed by atoms with E-state index in [2.05, 4.69) is 24.6 Å². The fourth-order valence-corrected chi connectivity index (χ4v) is 3.87. The Labute approximate surface area is 85.2 Å². The summed E-state index contributed by atoms with van der Waals surface area (Å²) >= 11 is 1.70. The second kappa shape index (κ2) is 4.35. The molecule has 0 saturated carbocycles. The van der Waals surface area contributed by atoms with Gasteiger partial charge in [0.25, 0.3) is 0 Å². The number of thiazole rings is 1. The number of hydrogen-bond acceptors (Lipinski definition) is 3. The molecule has 0 aromatic carbocycles. The van der Waals surface area contributed by atoms with Gasteiger partial charge in [0.05, 0.1) is 5.01 Å². The van der Waals surface area contributed by atoms with Gasteiger partial charge in [0.1, 0.15) is 0 Å². The Bertz CT molecular complexity index is 241. The highest BCUT2D eigenvalue weighted by Gasteiger charge is 2.18. The Morgan fingerprint density at radius 1 is 1.54 bits per heavy atom. The summed E-state index contributed by atoms with van der Waals surface area (Å²) in [7, 11) is -1.00. The van der Waals surface area contributed by atoms with Crippen LogP contribution in [0.15, 0.2) is 11.6 Å². The molecule has 0 radical (unpaired) electrons. The minimum Gasteiger partial charge on any atom is -0.328 e. The van der Waals surface area contributed by atoms with Gasteiger partial charge in [-0.25, -0.2) is 4.98 Å². The molecule has 2 N–H and O–H groups in total. The molecule has 0 aliphatic rings. The fourth-order valence-electron chi connectivity index (χ4n) is 1.44. The molecule has 0 fully saturated rings. The smallest absolute Gasteiger partial charge is 0.0940 e. The van der Waals surface area contributed by atoms with Gasteiger partial charge < -0.3 is 5.73 Å². The Kier molecular flexibility index (Phi) is 3.64. The van der Waals surface area contributed by atoms with Gasteiger partial charge in [-0.2, -0.15) is 0 Å². The quantitative estimate of drug-likeness (QED) is 0.782. The summed E-state index contributed by atoms with van der Waals surface area (Å²) in [5, 5.41) is 3.18. The van der Waals surface area contributed by atoms with Crippen molar-refractivity contribution in [3.63, 3.8) is 0 Å². The summed E-state index contributed by atoms with van der Waals surface area (Å²) in [6.07, 6.45) is 2.79. The maximum absolute atomic E-state index is 6.05. The van der Waals surface area contributed by atoms with Crippen LogP contribution in [0.25, 0.3) is 0 Å². The Hall–Kier alpha value is -0.193. The zero-order valence-corrected chi connectivity index (χ0v) is 10.4. The molecule has 1 atom stereocenters. The highest BCUT2D eigenvalue weighted by Crippen LogP contribution is 2.14. The van der Waals surface area contributed by atoms with Crippen molar-refractivity contribution in [2.75, 3.05) is 0 Å². The summed E-state index contributed by atoms with van der Waals surface area (Å²) in [6.45, 7) is 7.07. The number of nitrogens with zero attached hydrogens (tertiary/aromatic N) is 1. The molecule has 0 spiro atoms. The normalized spacial score (nSPS) is 14.5. The molecule has 4 heteroatoms. The number of aromatic nitrogens is 1. The standard InChI is InChI=1S/C9H18N2SSi/c1-13(2,3)7-8(10)6-9-11-4-5-12-9/h4-5,8H,6-7,10H2,1-3H3. The molecule has 1 rings (SSSR count). The van der Waals surface area contributed by atoms with Gasteiger partial charge in [-0.1, -0.05) is 19.6 Å². The molecular formula is C9H18N2SSi. The third kappa shape index (κ3) is 4.54. The zero-order chi connectivity index (χ0) is 9.90. The summed E-state index contributed by atoms with van der Waals surface area (Å²) < 4.78 is 0. The minimum atomic E-state index is -1.00. The molecule has 0 bridgehead atoms. The van der Waals surface area contributed by atoms with Crippen molar-refractivity contribution in [3.8, 4) is 0 Å². The van der Waals surface area contributed by atoms with Crippen LogP contribution in [0, 0.1) is 0 Å². The molecule has 0 saturated heterocycles. The van der Waals surface area contributed by atoms with Crippen LogP contribution in [0.1, 0.15) is 5.01 Å². The third-order valence-electron chi connectivity index (χ3n) is 1.79. The minimum absolute atomic E-state index is 0.304. The lowest BCUT2D eigenvalue weighted by molar-refractivity contribution is 0.722. The molecular weight excluding hydrogens is 196 g/mol. The average molecular weight is 214 g/mol. The number of nitrogens with two attached hydrogens (primary N) is 1. The van der Waals surface area contributed by atoms with E-state index in [1.54, 1.807) is 11.3 Å². The van der Waals surface area contributed by atoms with Crippen molar-refractivity contribution in [1.82, 2.24) is 4.98 Å². The first-order valence-electron chi connectivity index (χ1n) is 4.61. The first kappa shape index (κ1) is 10.9. The summed E-state index contributed by atoms with van der Waals surface area (Å²) in [6, 6.07) is 1.49. The fraction of sp³-hybridized carbons (Fsp3) is 0.667. The first-order valence-corrected chi connectivity index (χ1v) is 9.20.